The summed E-state index contributed by atoms with van der Waals surface area (Å²) in [6.07, 6.45) is -1.34. The van der Waals surface area contributed by atoms with E-state index >= 15 is 0 Å². The molecule has 0 aliphatic heterocycles. The van der Waals surface area contributed by atoms with Gasteiger partial charge in [0.1, 0.15) is 6.10 Å². The number of aliphatic carboxylic acids is 1. The molecule has 13 heavy (non-hydrogen) atoms. The third kappa shape index (κ3) is 2.50. The van der Waals surface area contributed by atoms with E-state index in [2.05, 4.69) is 0 Å². The van der Waals surface area contributed by atoms with E-state index < -0.39 is 23.5 Å². The van der Waals surface area contributed by atoms with E-state index in [0.717, 1.165) is 6.92 Å². The fraction of sp³-hybridized carbons (Fsp3) is 0.750. The standard InChI is InChI=1S/C8H14O5/c1-4-13-8(3,7(11)12)6(10)5(2)9/h5,9H,4H2,1-3H3,(H,11,12). The van der Waals surface area contributed by atoms with Gasteiger partial charge < -0.3 is 14.9 Å². The molecule has 0 amide bonds. The van der Waals surface area contributed by atoms with Crippen molar-refractivity contribution in [3.8, 4) is 0 Å². The van der Waals surface area contributed by atoms with Crippen LogP contribution < -0.4 is 0 Å². The molecule has 76 valence electrons. The van der Waals surface area contributed by atoms with Gasteiger partial charge in [0.2, 0.25) is 11.4 Å². The van der Waals surface area contributed by atoms with Gasteiger partial charge >= 0.3 is 5.97 Å². The van der Waals surface area contributed by atoms with Gasteiger partial charge in [0.25, 0.3) is 0 Å². The van der Waals surface area contributed by atoms with Gasteiger partial charge in [-0.05, 0) is 20.8 Å². The number of aliphatic hydroxyl groups is 1. The molecule has 0 saturated carbocycles. The topological polar surface area (TPSA) is 83.8 Å². The molecular formula is C8H14O5. The summed E-state index contributed by atoms with van der Waals surface area (Å²) in [5.41, 5.74) is -1.94. The van der Waals surface area contributed by atoms with Crippen LogP contribution in [0, 0.1) is 0 Å². The molecule has 0 heterocycles. The third-order valence-corrected chi connectivity index (χ3v) is 1.69. The number of hydrogen-bond donors (Lipinski definition) is 2. The van der Waals surface area contributed by atoms with Crippen LogP contribution in [0.25, 0.3) is 0 Å². The quantitative estimate of drug-likeness (QED) is 0.587. The monoisotopic (exact) mass is 190 g/mol. The van der Waals surface area contributed by atoms with Gasteiger partial charge in [0.15, 0.2) is 0 Å². The van der Waals surface area contributed by atoms with Gasteiger partial charge in [-0.25, -0.2) is 4.79 Å². The number of carbonyl (C=O) groups is 2. The van der Waals surface area contributed by atoms with Gasteiger partial charge in [-0.1, -0.05) is 0 Å². The van der Waals surface area contributed by atoms with Crippen molar-refractivity contribution in [3.05, 3.63) is 0 Å². The Hall–Kier alpha value is -0.940. The van der Waals surface area contributed by atoms with Crippen molar-refractivity contribution in [2.24, 2.45) is 0 Å². The molecule has 0 aliphatic rings. The number of carbonyl (C=O) groups excluding carboxylic acids is 1. The van der Waals surface area contributed by atoms with Crippen LogP contribution >= 0.6 is 0 Å². The first kappa shape index (κ1) is 12.1. The lowest BCUT2D eigenvalue weighted by molar-refractivity contribution is -0.173. The highest BCUT2D eigenvalue weighted by Gasteiger charge is 2.43. The van der Waals surface area contributed by atoms with E-state index in [1.807, 2.05) is 0 Å². The first-order valence-corrected chi connectivity index (χ1v) is 3.96. The zero-order valence-corrected chi connectivity index (χ0v) is 7.90. The predicted molar refractivity (Wildman–Crippen MR) is 44.4 cm³/mol. The van der Waals surface area contributed by atoms with Gasteiger partial charge in [-0.2, -0.15) is 0 Å². The highest BCUT2D eigenvalue weighted by Crippen LogP contribution is 2.14. The van der Waals surface area contributed by atoms with Crippen LogP contribution in [0.2, 0.25) is 0 Å². The van der Waals surface area contributed by atoms with Gasteiger partial charge in [-0.15, -0.1) is 0 Å². The number of aliphatic hydroxyl groups excluding tert-OH is 1. The second-order valence-electron chi connectivity index (χ2n) is 2.81. The number of ether oxygens (including phenoxy) is 1. The van der Waals surface area contributed by atoms with Crippen LogP contribution in [0.3, 0.4) is 0 Å². The summed E-state index contributed by atoms with van der Waals surface area (Å²) in [6, 6.07) is 0. The number of rotatable bonds is 5. The minimum atomic E-state index is -1.94. The van der Waals surface area contributed by atoms with Crippen LogP contribution in [-0.2, 0) is 14.3 Å². The molecule has 5 heteroatoms. The zero-order chi connectivity index (χ0) is 10.6. The Morgan fingerprint density at radius 3 is 2.23 bits per heavy atom. The first-order valence-electron chi connectivity index (χ1n) is 3.96. The summed E-state index contributed by atoms with van der Waals surface area (Å²) in [5, 5.41) is 17.7. The number of Topliss-reactive ketones (excluding diaryl/α,β-unsaturated/α-hetero) is 1. The Labute approximate surface area is 76.3 Å². The third-order valence-electron chi connectivity index (χ3n) is 1.69. The summed E-state index contributed by atoms with van der Waals surface area (Å²) < 4.78 is 4.80. The Kier molecular flexibility index (Phi) is 4.03. The lowest BCUT2D eigenvalue weighted by atomic mass is 9.97. The first-order chi connectivity index (χ1) is 5.86. The molecule has 5 nitrogen and oxygen atoms in total. The zero-order valence-electron chi connectivity index (χ0n) is 7.90. The van der Waals surface area contributed by atoms with Crippen LogP contribution in [0.4, 0.5) is 0 Å². The summed E-state index contributed by atoms with van der Waals surface area (Å²) in [6.45, 7) is 4.02. The predicted octanol–water partition coefficient (Wildman–Crippen LogP) is -0.184. The number of carboxylic acids is 1. The maximum absolute atomic E-state index is 11.2. The van der Waals surface area contributed by atoms with Crippen molar-refractivity contribution in [3.63, 3.8) is 0 Å². The Balaban J connectivity index is 4.78. The molecule has 0 aliphatic carbocycles. The van der Waals surface area contributed by atoms with Crippen molar-refractivity contribution in [2.45, 2.75) is 32.5 Å². The van der Waals surface area contributed by atoms with Crippen molar-refractivity contribution in [1.82, 2.24) is 0 Å². The molecule has 2 N–H and O–H groups in total. The number of ketones is 1. The molecule has 0 spiro atoms. The highest BCUT2D eigenvalue weighted by molar-refractivity contribution is 6.07. The lowest BCUT2D eigenvalue weighted by Crippen LogP contribution is -2.50. The molecule has 0 rings (SSSR count). The van der Waals surface area contributed by atoms with E-state index in [0.29, 0.717) is 0 Å². The van der Waals surface area contributed by atoms with Gasteiger partial charge in [0, 0.05) is 6.61 Å². The number of carboxylic acid groups (broad SMARTS) is 1. The van der Waals surface area contributed by atoms with Crippen LogP contribution in [0.1, 0.15) is 20.8 Å². The Morgan fingerprint density at radius 1 is 1.54 bits per heavy atom. The largest absolute Gasteiger partial charge is 0.479 e. The lowest BCUT2D eigenvalue weighted by Gasteiger charge is -2.24. The van der Waals surface area contributed by atoms with Gasteiger partial charge in [0.05, 0.1) is 0 Å². The molecule has 0 radical (unpaired) electrons. The Morgan fingerprint density at radius 2 is 2.00 bits per heavy atom. The summed E-state index contributed by atoms with van der Waals surface area (Å²) in [7, 11) is 0. The molecule has 0 bridgehead atoms. The molecule has 0 aromatic rings. The molecule has 2 unspecified atom stereocenters. The summed E-state index contributed by atoms with van der Waals surface area (Å²) >= 11 is 0. The van der Waals surface area contributed by atoms with E-state index in [-0.39, 0.29) is 6.61 Å². The minimum Gasteiger partial charge on any atom is -0.479 e. The smallest absolute Gasteiger partial charge is 0.343 e. The summed E-state index contributed by atoms with van der Waals surface area (Å²) in [4.78, 5) is 21.9. The average Bonchev–Trinajstić information content (AvgIpc) is 2.02. The fourth-order valence-corrected chi connectivity index (χ4v) is 0.926. The second-order valence-corrected chi connectivity index (χ2v) is 2.81. The molecule has 0 fully saturated rings. The van der Waals surface area contributed by atoms with Crippen LogP contribution in [0.15, 0.2) is 0 Å². The van der Waals surface area contributed by atoms with Crippen LogP contribution in [-0.4, -0.2) is 40.3 Å². The van der Waals surface area contributed by atoms with E-state index in [1.165, 1.54) is 6.92 Å². The van der Waals surface area contributed by atoms with Crippen molar-refractivity contribution < 1.29 is 24.5 Å². The minimum absolute atomic E-state index is 0.0985. The molecule has 0 aromatic carbocycles. The highest BCUT2D eigenvalue weighted by atomic mass is 16.5. The maximum Gasteiger partial charge on any atom is 0.343 e. The van der Waals surface area contributed by atoms with Gasteiger partial charge in [-0.3, -0.25) is 4.79 Å². The Bertz CT molecular complexity index is 211. The summed E-state index contributed by atoms with van der Waals surface area (Å²) in [5.74, 6) is -2.23. The molecule has 2 atom stereocenters. The van der Waals surface area contributed by atoms with E-state index in [4.69, 9.17) is 14.9 Å². The number of hydrogen-bond acceptors (Lipinski definition) is 4. The molecular weight excluding hydrogens is 176 g/mol. The normalized spacial score (nSPS) is 17.5. The van der Waals surface area contributed by atoms with E-state index in [1.54, 1.807) is 6.92 Å². The van der Waals surface area contributed by atoms with Crippen molar-refractivity contribution in [2.75, 3.05) is 6.61 Å². The fourth-order valence-electron chi connectivity index (χ4n) is 0.926. The SMILES string of the molecule is CCOC(C)(C(=O)O)C(=O)C(C)O. The molecule has 0 saturated heterocycles. The van der Waals surface area contributed by atoms with Crippen molar-refractivity contribution in [1.29, 1.82) is 0 Å². The average molecular weight is 190 g/mol. The molecule has 0 aromatic heterocycles. The van der Waals surface area contributed by atoms with Crippen LogP contribution in [0.5, 0.6) is 0 Å². The second kappa shape index (κ2) is 4.34. The van der Waals surface area contributed by atoms with E-state index in [9.17, 15) is 9.59 Å². The van der Waals surface area contributed by atoms with Crippen molar-refractivity contribution >= 4 is 11.8 Å². The maximum atomic E-state index is 11.2.